The highest BCUT2D eigenvalue weighted by Crippen LogP contribution is 2.23. The van der Waals surface area contributed by atoms with Gasteiger partial charge in [-0.3, -0.25) is 0 Å². The number of rotatable bonds is 8. The summed E-state index contributed by atoms with van der Waals surface area (Å²) in [5.41, 5.74) is 2.08. The standard InChI is InChI=1S/C17H18BrN5OS.ClH/c1-24-16-8-7-14(18)11-13(16)12-19-9-10-25-17-20-21-22-23(17)15-5-3-2-4-6-15;/h2-8,11,19H,9-10,12H2,1H3;1H/p-1. The van der Waals surface area contributed by atoms with Crippen molar-refractivity contribution in [3.05, 3.63) is 58.6 Å². The Balaban J connectivity index is 0.00000243. The van der Waals surface area contributed by atoms with E-state index in [0.717, 1.165) is 45.5 Å². The summed E-state index contributed by atoms with van der Waals surface area (Å²) < 4.78 is 8.18. The molecule has 6 nitrogen and oxygen atoms in total. The van der Waals surface area contributed by atoms with Gasteiger partial charge in [-0.2, -0.15) is 4.68 Å². The topological polar surface area (TPSA) is 64.9 Å². The predicted molar refractivity (Wildman–Crippen MR) is 102 cm³/mol. The van der Waals surface area contributed by atoms with Crippen LogP contribution in [-0.4, -0.2) is 39.6 Å². The number of nitrogens with zero attached hydrogens (tertiary/aromatic N) is 4. The number of hydrogen-bond donors (Lipinski definition) is 1. The molecule has 0 amide bonds. The highest BCUT2D eigenvalue weighted by Gasteiger charge is 2.08. The molecule has 0 saturated heterocycles. The smallest absolute Gasteiger partial charge is 0.214 e. The minimum absolute atomic E-state index is 0. The zero-order valence-electron chi connectivity index (χ0n) is 14.1. The number of tetrazole rings is 1. The second-order valence-electron chi connectivity index (χ2n) is 5.19. The van der Waals surface area contributed by atoms with Gasteiger partial charge >= 0.3 is 0 Å². The Morgan fingerprint density at radius 1 is 1.19 bits per heavy atom. The van der Waals surface area contributed by atoms with Crippen molar-refractivity contribution >= 4 is 27.7 Å². The van der Waals surface area contributed by atoms with Gasteiger partial charge in [0.05, 0.1) is 12.8 Å². The van der Waals surface area contributed by atoms with Gasteiger partial charge in [0.2, 0.25) is 5.16 Å². The molecule has 3 rings (SSSR count). The van der Waals surface area contributed by atoms with Crippen molar-refractivity contribution in [2.24, 2.45) is 0 Å². The molecule has 0 radical (unpaired) electrons. The van der Waals surface area contributed by atoms with Gasteiger partial charge in [-0.1, -0.05) is 45.9 Å². The zero-order chi connectivity index (χ0) is 17.5. The number of hydrogen-bond acceptors (Lipinski definition) is 6. The van der Waals surface area contributed by atoms with Crippen LogP contribution >= 0.6 is 27.7 Å². The molecule has 0 saturated carbocycles. The van der Waals surface area contributed by atoms with Crippen molar-refractivity contribution in [2.75, 3.05) is 19.4 Å². The maximum absolute atomic E-state index is 5.39. The first-order chi connectivity index (χ1) is 12.3. The third kappa shape index (κ3) is 5.44. The number of benzene rings is 2. The van der Waals surface area contributed by atoms with Crippen LogP contribution in [0.4, 0.5) is 0 Å². The van der Waals surface area contributed by atoms with E-state index >= 15 is 0 Å². The van der Waals surface area contributed by atoms with Crippen molar-refractivity contribution in [1.29, 1.82) is 0 Å². The highest BCUT2D eigenvalue weighted by molar-refractivity contribution is 9.10. The minimum atomic E-state index is 0. The molecular weight excluding hydrogens is 438 g/mol. The van der Waals surface area contributed by atoms with Crippen LogP contribution < -0.4 is 22.5 Å². The summed E-state index contributed by atoms with van der Waals surface area (Å²) in [6.07, 6.45) is 0. The molecule has 26 heavy (non-hydrogen) atoms. The number of para-hydroxylation sites is 1. The molecular formula is C17H18BrClN5OS-. The number of ether oxygens (including phenoxy) is 1. The molecule has 1 aromatic heterocycles. The predicted octanol–water partition coefficient (Wildman–Crippen LogP) is 0.319. The van der Waals surface area contributed by atoms with E-state index in [4.69, 9.17) is 4.74 Å². The maximum Gasteiger partial charge on any atom is 0.214 e. The molecule has 0 aliphatic carbocycles. The second-order valence-corrected chi connectivity index (χ2v) is 7.17. The molecule has 0 atom stereocenters. The molecule has 0 unspecified atom stereocenters. The molecule has 2 aromatic carbocycles. The van der Waals surface area contributed by atoms with Gasteiger partial charge < -0.3 is 22.5 Å². The largest absolute Gasteiger partial charge is 1.00 e. The van der Waals surface area contributed by atoms with Gasteiger partial charge in [-0.25, -0.2) is 0 Å². The summed E-state index contributed by atoms with van der Waals surface area (Å²) in [5, 5.41) is 16.1. The van der Waals surface area contributed by atoms with E-state index in [1.165, 1.54) is 0 Å². The quantitative estimate of drug-likeness (QED) is 0.390. The summed E-state index contributed by atoms with van der Waals surface area (Å²) in [6, 6.07) is 15.9. The average Bonchev–Trinajstić information content (AvgIpc) is 3.11. The van der Waals surface area contributed by atoms with Crippen LogP contribution in [0.2, 0.25) is 0 Å². The fourth-order valence-electron chi connectivity index (χ4n) is 2.32. The first-order valence-electron chi connectivity index (χ1n) is 7.77. The number of halogens is 2. The van der Waals surface area contributed by atoms with Crippen LogP contribution in [0.1, 0.15) is 5.56 Å². The number of aromatic nitrogens is 4. The molecule has 0 spiro atoms. The van der Waals surface area contributed by atoms with Gasteiger partial charge in [0.1, 0.15) is 5.75 Å². The first-order valence-corrected chi connectivity index (χ1v) is 9.55. The molecule has 0 fully saturated rings. The van der Waals surface area contributed by atoms with Gasteiger partial charge in [0.25, 0.3) is 0 Å². The lowest BCUT2D eigenvalue weighted by Crippen LogP contribution is -3.00. The Hall–Kier alpha value is -1.61. The highest BCUT2D eigenvalue weighted by atomic mass is 79.9. The van der Waals surface area contributed by atoms with Crippen LogP contribution in [0.15, 0.2) is 58.2 Å². The molecule has 9 heteroatoms. The summed E-state index contributed by atoms with van der Waals surface area (Å²) >= 11 is 5.11. The van der Waals surface area contributed by atoms with Crippen LogP contribution in [0, 0.1) is 0 Å². The van der Waals surface area contributed by atoms with Gasteiger partial charge in [-0.05, 0) is 40.8 Å². The third-order valence-electron chi connectivity index (χ3n) is 3.51. The average molecular weight is 456 g/mol. The summed E-state index contributed by atoms with van der Waals surface area (Å²) in [4.78, 5) is 0. The Morgan fingerprint density at radius 2 is 2.00 bits per heavy atom. The molecule has 1 N–H and O–H groups in total. The molecule has 138 valence electrons. The van der Waals surface area contributed by atoms with Crippen LogP contribution in [-0.2, 0) is 6.54 Å². The van der Waals surface area contributed by atoms with Crippen molar-refractivity contribution < 1.29 is 17.1 Å². The van der Waals surface area contributed by atoms with E-state index in [9.17, 15) is 0 Å². The Kier molecular flexibility index (Phi) is 8.37. The number of methoxy groups -OCH3 is 1. The van der Waals surface area contributed by atoms with E-state index in [2.05, 4.69) is 42.8 Å². The van der Waals surface area contributed by atoms with Crippen molar-refractivity contribution in [3.63, 3.8) is 0 Å². The SMILES string of the molecule is COc1ccc(Br)cc1CNCCSc1nnnn1-c1ccccc1.[Cl-]. The summed E-state index contributed by atoms with van der Waals surface area (Å²) in [6.45, 7) is 1.58. The van der Waals surface area contributed by atoms with Gasteiger partial charge in [0, 0.05) is 28.9 Å². The second kappa shape index (κ2) is 10.5. The molecule has 3 aromatic rings. The van der Waals surface area contributed by atoms with E-state index in [-0.39, 0.29) is 12.4 Å². The van der Waals surface area contributed by atoms with Crippen LogP contribution in [0.5, 0.6) is 5.75 Å². The van der Waals surface area contributed by atoms with Gasteiger partial charge in [-0.15, -0.1) is 5.10 Å². The van der Waals surface area contributed by atoms with Crippen LogP contribution in [0.3, 0.4) is 0 Å². The van der Waals surface area contributed by atoms with E-state index in [0.29, 0.717) is 0 Å². The summed E-state index contributed by atoms with van der Waals surface area (Å²) in [5.74, 6) is 1.75. The zero-order valence-corrected chi connectivity index (χ0v) is 17.3. The minimum Gasteiger partial charge on any atom is -1.00 e. The Morgan fingerprint density at radius 3 is 2.77 bits per heavy atom. The lowest BCUT2D eigenvalue weighted by molar-refractivity contribution is -0.00000534. The maximum atomic E-state index is 5.39. The molecule has 0 aliphatic heterocycles. The van der Waals surface area contributed by atoms with E-state index < -0.39 is 0 Å². The molecule has 0 aliphatic rings. The molecule has 1 heterocycles. The summed E-state index contributed by atoms with van der Waals surface area (Å²) in [7, 11) is 1.69. The lowest BCUT2D eigenvalue weighted by Gasteiger charge is -2.10. The van der Waals surface area contributed by atoms with E-state index in [1.807, 2.05) is 42.5 Å². The van der Waals surface area contributed by atoms with Gasteiger partial charge in [0.15, 0.2) is 0 Å². The number of nitrogens with one attached hydrogen (secondary N) is 1. The van der Waals surface area contributed by atoms with E-state index in [1.54, 1.807) is 23.6 Å². The van der Waals surface area contributed by atoms with Crippen LogP contribution in [0.25, 0.3) is 5.69 Å². The first kappa shape index (κ1) is 20.7. The van der Waals surface area contributed by atoms with Crippen molar-refractivity contribution in [3.8, 4) is 11.4 Å². The Labute approximate surface area is 171 Å². The Bertz CT molecular complexity index is 818. The van der Waals surface area contributed by atoms with Crippen molar-refractivity contribution in [2.45, 2.75) is 11.7 Å². The molecule has 0 bridgehead atoms. The lowest BCUT2D eigenvalue weighted by atomic mass is 10.2. The fourth-order valence-corrected chi connectivity index (χ4v) is 3.52. The monoisotopic (exact) mass is 454 g/mol. The fraction of sp³-hybridized carbons (Fsp3) is 0.235. The normalized spacial score (nSPS) is 10.4. The third-order valence-corrected chi connectivity index (χ3v) is 4.92. The van der Waals surface area contributed by atoms with Crippen molar-refractivity contribution in [1.82, 2.24) is 25.5 Å². The number of thioether (sulfide) groups is 1.